The molecule has 1 aromatic rings. The standard InChI is InChI=1S/C19H22Cl3NO7/c1-10-14(26-9-13-7-5-4-6-8-13)15(28-11(2)24)16(29-12(3)25)17(27-10)30-18(23)19(20,21)22/h4-8,10,14-17,23H,9H2,1-3H3/t10-,14-,15+,16+,17-/m0/s1. The van der Waals surface area contributed by atoms with E-state index in [-0.39, 0.29) is 6.61 Å². The van der Waals surface area contributed by atoms with Gasteiger partial charge in [0.2, 0.25) is 18.3 Å². The Hall–Kier alpha value is -1.58. The highest BCUT2D eigenvalue weighted by molar-refractivity contribution is 6.76. The van der Waals surface area contributed by atoms with Gasteiger partial charge < -0.3 is 23.7 Å². The molecule has 166 valence electrons. The molecule has 0 radical (unpaired) electrons. The lowest BCUT2D eigenvalue weighted by Crippen LogP contribution is -2.61. The van der Waals surface area contributed by atoms with Crippen molar-refractivity contribution in [2.75, 3.05) is 0 Å². The van der Waals surface area contributed by atoms with Crippen LogP contribution in [0.1, 0.15) is 26.3 Å². The van der Waals surface area contributed by atoms with Gasteiger partial charge in [-0.1, -0.05) is 65.1 Å². The highest BCUT2D eigenvalue weighted by Crippen LogP contribution is 2.33. The van der Waals surface area contributed by atoms with E-state index in [1.165, 1.54) is 13.8 Å². The van der Waals surface area contributed by atoms with Crippen molar-refractivity contribution in [1.29, 1.82) is 5.41 Å². The maximum absolute atomic E-state index is 11.8. The minimum absolute atomic E-state index is 0.194. The average molecular weight is 483 g/mol. The summed E-state index contributed by atoms with van der Waals surface area (Å²) in [5.74, 6) is -2.06. The van der Waals surface area contributed by atoms with E-state index in [4.69, 9.17) is 63.9 Å². The van der Waals surface area contributed by atoms with E-state index in [1.807, 2.05) is 30.3 Å². The van der Waals surface area contributed by atoms with Crippen LogP contribution in [-0.4, -0.2) is 52.3 Å². The number of esters is 2. The summed E-state index contributed by atoms with van der Waals surface area (Å²) in [5, 5.41) is 7.79. The average Bonchev–Trinajstić information content (AvgIpc) is 2.63. The first kappa shape index (κ1) is 24.7. The number of nitrogens with one attached hydrogen (secondary N) is 1. The molecule has 5 atom stereocenters. The van der Waals surface area contributed by atoms with Crippen molar-refractivity contribution in [3.63, 3.8) is 0 Å². The van der Waals surface area contributed by atoms with Crippen LogP contribution in [0.4, 0.5) is 0 Å². The van der Waals surface area contributed by atoms with Crippen LogP contribution in [0, 0.1) is 5.41 Å². The van der Waals surface area contributed by atoms with Crippen LogP contribution in [-0.2, 0) is 39.9 Å². The summed E-state index contributed by atoms with van der Waals surface area (Å²) in [6, 6.07) is 9.32. The predicted octanol–water partition coefficient (Wildman–Crippen LogP) is 3.54. The van der Waals surface area contributed by atoms with Crippen molar-refractivity contribution < 1.29 is 33.3 Å². The Bertz CT molecular complexity index is 756. The quantitative estimate of drug-likeness (QED) is 0.286. The zero-order chi connectivity index (χ0) is 22.5. The summed E-state index contributed by atoms with van der Waals surface area (Å²) in [6.07, 6.45) is -5.21. The van der Waals surface area contributed by atoms with Crippen LogP contribution in [0.2, 0.25) is 0 Å². The molecule has 0 amide bonds. The van der Waals surface area contributed by atoms with E-state index in [0.717, 1.165) is 5.56 Å². The molecular formula is C19H22Cl3NO7. The van der Waals surface area contributed by atoms with Gasteiger partial charge in [0, 0.05) is 13.8 Å². The number of carbonyl (C=O) groups excluding carboxylic acids is 2. The van der Waals surface area contributed by atoms with Gasteiger partial charge in [-0.15, -0.1) is 0 Å². The molecule has 0 unspecified atom stereocenters. The molecule has 11 heteroatoms. The van der Waals surface area contributed by atoms with Gasteiger partial charge in [0.1, 0.15) is 6.10 Å². The van der Waals surface area contributed by atoms with Gasteiger partial charge in [0.15, 0.2) is 6.10 Å². The smallest absolute Gasteiger partial charge is 0.303 e. The fraction of sp³-hybridized carbons (Fsp3) is 0.526. The molecule has 0 bridgehead atoms. The summed E-state index contributed by atoms with van der Waals surface area (Å²) in [6.45, 7) is 4.23. The number of benzene rings is 1. The molecular weight excluding hydrogens is 461 g/mol. The number of hydrogen-bond acceptors (Lipinski definition) is 8. The first-order valence-corrected chi connectivity index (χ1v) is 10.1. The summed E-state index contributed by atoms with van der Waals surface area (Å²) in [7, 11) is 0. The molecule has 0 aliphatic carbocycles. The molecule has 0 spiro atoms. The van der Waals surface area contributed by atoms with E-state index in [0.29, 0.717) is 0 Å². The summed E-state index contributed by atoms with van der Waals surface area (Å²) < 4.78 is 25.5. The lowest BCUT2D eigenvalue weighted by atomic mass is 9.98. The van der Waals surface area contributed by atoms with Crippen LogP contribution in [0.3, 0.4) is 0 Å². The summed E-state index contributed by atoms with van der Waals surface area (Å²) in [5.41, 5.74) is 0.881. The van der Waals surface area contributed by atoms with Crippen molar-refractivity contribution >= 4 is 52.6 Å². The van der Waals surface area contributed by atoms with Crippen molar-refractivity contribution in [3.05, 3.63) is 35.9 Å². The molecule has 2 rings (SSSR count). The minimum Gasteiger partial charge on any atom is -0.455 e. The first-order chi connectivity index (χ1) is 14.0. The topological polar surface area (TPSA) is 104 Å². The van der Waals surface area contributed by atoms with Crippen LogP contribution >= 0.6 is 34.8 Å². The van der Waals surface area contributed by atoms with E-state index in [1.54, 1.807) is 6.92 Å². The van der Waals surface area contributed by atoms with E-state index in [2.05, 4.69) is 0 Å². The van der Waals surface area contributed by atoms with Gasteiger partial charge >= 0.3 is 11.9 Å². The van der Waals surface area contributed by atoms with Crippen molar-refractivity contribution in [2.24, 2.45) is 0 Å². The second-order valence-corrected chi connectivity index (χ2v) is 8.84. The van der Waals surface area contributed by atoms with Gasteiger partial charge in [-0.25, -0.2) is 0 Å². The monoisotopic (exact) mass is 481 g/mol. The maximum atomic E-state index is 11.8. The first-order valence-electron chi connectivity index (χ1n) is 8.97. The van der Waals surface area contributed by atoms with Crippen molar-refractivity contribution in [1.82, 2.24) is 0 Å². The number of rotatable bonds is 6. The Kier molecular flexibility index (Phi) is 8.75. The molecule has 1 heterocycles. The molecule has 0 saturated carbocycles. The molecule has 30 heavy (non-hydrogen) atoms. The largest absolute Gasteiger partial charge is 0.455 e. The molecule has 1 N–H and O–H groups in total. The Morgan fingerprint density at radius 1 is 1.00 bits per heavy atom. The van der Waals surface area contributed by atoms with Crippen molar-refractivity contribution in [2.45, 2.75) is 61.9 Å². The van der Waals surface area contributed by atoms with E-state index >= 15 is 0 Å². The third-order valence-corrected chi connectivity index (χ3v) is 4.62. The Morgan fingerprint density at radius 2 is 1.57 bits per heavy atom. The summed E-state index contributed by atoms with van der Waals surface area (Å²) in [4.78, 5) is 23.4. The fourth-order valence-corrected chi connectivity index (χ4v) is 3.02. The third kappa shape index (κ3) is 6.99. The number of halogens is 3. The molecule has 8 nitrogen and oxygen atoms in total. The lowest BCUT2D eigenvalue weighted by molar-refractivity contribution is -0.289. The highest BCUT2D eigenvalue weighted by atomic mass is 35.6. The maximum Gasteiger partial charge on any atom is 0.303 e. The molecule has 1 aliphatic heterocycles. The second-order valence-electron chi connectivity index (χ2n) is 6.56. The van der Waals surface area contributed by atoms with Crippen LogP contribution < -0.4 is 0 Å². The van der Waals surface area contributed by atoms with Crippen LogP contribution in [0.25, 0.3) is 0 Å². The Balaban J connectivity index is 2.28. The normalized spacial score (nSPS) is 26.5. The lowest BCUT2D eigenvalue weighted by Gasteiger charge is -2.43. The second kappa shape index (κ2) is 10.6. The van der Waals surface area contributed by atoms with Gasteiger partial charge in [-0.2, -0.15) is 0 Å². The van der Waals surface area contributed by atoms with E-state index < -0.39 is 52.3 Å². The van der Waals surface area contributed by atoms with Gasteiger partial charge in [0.05, 0.1) is 12.7 Å². The SMILES string of the molecule is CC(=O)O[C@@H]1[C@@H](OCc2ccccc2)[C@H](C)O[C@@H](OC(=N)C(Cl)(Cl)Cl)[C@@H]1OC(C)=O. The fourth-order valence-electron chi connectivity index (χ4n) is 2.89. The molecule has 1 fully saturated rings. The molecule has 1 saturated heterocycles. The highest BCUT2D eigenvalue weighted by Gasteiger charge is 2.51. The van der Waals surface area contributed by atoms with Gasteiger partial charge in [-0.3, -0.25) is 15.0 Å². The number of carbonyl (C=O) groups is 2. The number of alkyl halides is 3. The number of hydrogen-bond donors (Lipinski definition) is 1. The van der Waals surface area contributed by atoms with Crippen LogP contribution in [0.15, 0.2) is 30.3 Å². The third-order valence-electron chi connectivity index (χ3n) is 4.11. The van der Waals surface area contributed by atoms with Gasteiger partial charge in [-0.05, 0) is 12.5 Å². The zero-order valence-electron chi connectivity index (χ0n) is 16.5. The van der Waals surface area contributed by atoms with E-state index in [9.17, 15) is 9.59 Å². The zero-order valence-corrected chi connectivity index (χ0v) is 18.7. The summed E-state index contributed by atoms with van der Waals surface area (Å²) >= 11 is 17.0. The minimum atomic E-state index is -2.16. The predicted molar refractivity (Wildman–Crippen MR) is 110 cm³/mol. The Labute approximate surface area is 189 Å². The molecule has 0 aromatic heterocycles. The number of ether oxygens (including phenoxy) is 5. The van der Waals surface area contributed by atoms with Crippen LogP contribution in [0.5, 0.6) is 0 Å². The molecule has 1 aromatic carbocycles. The Morgan fingerprint density at radius 3 is 2.10 bits per heavy atom. The molecule has 1 aliphatic rings. The van der Waals surface area contributed by atoms with Crippen molar-refractivity contribution in [3.8, 4) is 0 Å². The van der Waals surface area contributed by atoms with Gasteiger partial charge in [0.25, 0.3) is 3.79 Å².